The van der Waals surface area contributed by atoms with Crippen LogP contribution in [0.5, 0.6) is 0 Å². The Labute approximate surface area is 119 Å². The lowest BCUT2D eigenvalue weighted by atomic mass is 9.75. The summed E-state index contributed by atoms with van der Waals surface area (Å²) in [5.74, 6) is 1.65. The van der Waals surface area contributed by atoms with E-state index in [1.807, 2.05) is 0 Å². The van der Waals surface area contributed by atoms with Crippen LogP contribution in [0, 0.1) is 11.8 Å². The maximum atomic E-state index is 5.81. The number of nitrogens with one attached hydrogen (secondary N) is 1. The first-order valence-corrected chi connectivity index (χ1v) is 8.20. The lowest BCUT2D eigenvalue weighted by Crippen LogP contribution is -2.57. The molecule has 0 radical (unpaired) electrons. The number of hydrogen-bond donors (Lipinski definition) is 1. The van der Waals surface area contributed by atoms with Crippen molar-refractivity contribution in [1.29, 1.82) is 0 Å². The molecule has 0 aromatic rings. The maximum absolute atomic E-state index is 5.81. The molecule has 0 spiro atoms. The summed E-state index contributed by atoms with van der Waals surface area (Å²) in [6.45, 7) is 13.6. The van der Waals surface area contributed by atoms with Gasteiger partial charge in [0.25, 0.3) is 0 Å². The van der Waals surface area contributed by atoms with Gasteiger partial charge in [-0.2, -0.15) is 0 Å². The second kappa shape index (κ2) is 7.05. The van der Waals surface area contributed by atoms with Crippen LogP contribution in [0.3, 0.4) is 0 Å². The maximum Gasteiger partial charge on any atom is 0.0674 e. The first kappa shape index (κ1) is 15.3. The Morgan fingerprint density at radius 2 is 2.00 bits per heavy atom. The van der Waals surface area contributed by atoms with Gasteiger partial charge in [-0.05, 0) is 44.6 Å². The Morgan fingerprint density at radius 1 is 1.21 bits per heavy atom. The molecule has 112 valence electrons. The van der Waals surface area contributed by atoms with Crippen LogP contribution in [-0.4, -0.2) is 49.3 Å². The summed E-state index contributed by atoms with van der Waals surface area (Å²) in [6.07, 6.45) is 4.27. The van der Waals surface area contributed by atoms with E-state index in [-0.39, 0.29) is 0 Å². The van der Waals surface area contributed by atoms with Crippen LogP contribution in [0.2, 0.25) is 0 Å². The first-order chi connectivity index (χ1) is 9.11. The second-order valence-corrected chi connectivity index (χ2v) is 6.74. The van der Waals surface area contributed by atoms with Crippen molar-refractivity contribution in [2.75, 3.05) is 26.2 Å². The van der Waals surface area contributed by atoms with Gasteiger partial charge >= 0.3 is 0 Å². The van der Waals surface area contributed by atoms with Crippen LogP contribution in [0.25, 0.3) is 0 Å². The van der Waals surface area contributed by atoms with Crippen LogP contribution in [0.1, 0.15) is 47.0 Å². The number of nitrogens with zero attached hydrogens (tertiary/aromatic N) is 1. The lowest BCUT2D eigenvalue weighted by Gasteiger charge is -2.46. The summed E-state index contributed by atoms with van der Waals surface area (Å²) < 4.78 is 5.81. The van der Waals surface area contributed by atoms with E-state index in [1.54, 1.807) is 0 Å². The molecule has 5 atom stereocenters. The lowest BCUT2D eigenvalue weighted by molar-refractivity contribution is 0.0292. The molecule has 3 nitrogen and oxygen atoms in total. The van der Waals surface area contributed by atoms with Gasteiger partial charge in [-0.15, -0.1) is 0 Å². The van der Waals surface area contributed by atoms with Crippen LogP contribution >= 0.6 is 0 Å². The molecule has 2 rings (SSSR count). The van der Waals surface area contributed by atoms with Gasteiger partial charge in [0.15, 0.2) is 0 Å². The molecule has 3 heteroatoms. The standard InChI is InChI=1S/C16H32N2O/c1-5-17-15-10-12(2)9-13(3)16(15)18-7-6-8-19-14(4)11-18/h12-17H,5-11H2,1-4H3. The zero-order chi connectivity index (χ0) is 13.8. The van der Waals surface area contributed by atoms with Gasteiger partial charge in [-0.25, -0.2) is 0 Å². The summed E-state index contributed by atoms with van der Waals surface area (Å²) >= 11 is 0. The summed E-state index contributed by atoms with van der Waals surface area (Å²) in [4.78, 5) is 2.71. The second-order valence-electron chi connectivity index (χ2n) is 6.74. The van der Waals surface area contributed by atoms with Crippen molar-refractivity contribution in [1.82, 2.24) is 10.2 Å². The van der Waals surface area contributed by atoms with Gasteiger partial charge in [0.2, 0.25) is 0 Å². The van der Waals surface area contributed by atoms with Crippen molar-refractivity contribution in [3.05, 3.63) is 0 Å². The van der Waals surface area contributed by atoms with Gasteiger partial charge in [0, 0.05) is 31.8 Å². The highest BCUT2D eigenvalue weighted by Gasteiger charge is 2.37. The average molecular weight is 268 g/mol. The number of rotatable bonds is 3. The topological polar surface area (TPSA) is 24.5 Å². The molecule has 5 unspecified atom stereocenters. The molecule has 19 heavy (non-hydrogen) atoms. The third-order valence-electron chi connectivity index (χ3n) is 4.80. The summed E-state index contributed by atoms with van der Waals surface area (Å²) in [7, 11) is 0. The van der Waals surface area contributed by atoms with Crippen molar-refractivity contribution in [2.45, 2.75) is 65.1 Å². The van der Waals surface area contributed by atoms with E-state index in [0.29, 0.717) is 18.2 Å². The van der Waals surface area contributed by atoms with E-state index < -0.39 is 0 Å². The van der Waals surface area contributed by atoms with Crippen LogP contribution in [0.4, 0.5) is 0 Å². The predicted molar refractivity (Wildman–Crippen MR) is 80.4 cm³/mol. The van der Waals surface area contributed by atoms with Gasteiger partial charge in [0.1, 0.15) is 0 Å². The monoisotopic (exact) mass is 268 g/mol. The van der Waals surface area contributed by atoms with E-state index in [4.69, 9.17) is 4.74 Å². The van der Waals surface area contributed by atoms with Gasteiger partial charge < -0.3 is 10.1 Å². The van der Waals surface area contributed by atoms with E-state index in [2.05, 4.69) is 37.9 Å². The smallest absolute Gasteiger partial charge is 0.0674 e. The molecule has 2 aliphatic rings. The largest absolute Gasteiger partial charge is 0.377 e. The normalized spacial score (nSPS) is 42.0. The Morgan fingerprint density at radius 3 is 2.74 bits per heavy atom. The van der Waals surface area contributed by atoms with Crippen molar-refractivity contribution >= 4 is 0 Å². The molecule has 0 amide bonds. The van der Waals surface area contributed by atoms with Gasteiger partial charge in [-0.3, -0.25) is 4.90 Å². The Kier molecular flexibility index (Phi) is 5.67. The van der Waals surface area contributed by atoms with Crippen molar-refractivity contribution < 1.29 is 4.74 Å². The highest BCUT2D eigenvalue weighted by atomic mass is 16.5. The van der Waals surface area contributed by atoms with E-state index in [0.717, 1.165) is 31.5 Å². The van der Waals surface area contributed by atoms with E-state index in [1.165, 1.54) is 25.8 Å². The molecule has 1 aliphatic heterocycles. The molecule has 1 N–H and O–H groups in total. The van der Waals surface area contributed by atoms with E-state index >= 15 is 0 Å². The molecule has 0 aromatic carbocycles. The minimum absolute atomic E-state index is 0.385. The Balaban J connectivity index is 2.08. The number of hydrogen-bond acceptors (Lipinski definition) is 3. The van der Waals surface area contributed by atoms with Crippen molar-refractivity contribution in [3.8, 4) is 0 Å². The predicted octanol–water partition coefficient (Wildman–Crippen LogP) is 2.51. The number of ether oxygens (including phenoxy) is 1. The van der Waals surface area contributed by atoms with Crippen LogP contribution in [0.15, 0.2) is 0 Å². The minimum atomic E-state index is 0.385. The van der Waals surface area contributed by atoms with E-state index in [9.17, 15) is 0 Å². The molecule has 1 saturated heterocycles. The van der Waals surface area contributed by atoms with Crippen molar-refractivity contribution in [2.24, 2.45) is 11.8 Å². The third kappa shape index (κ3) is 3.93. The fourth-order valence-corrected chi connectivity index (χ4v) is 4.22. The highest BCUT2D eigenvalue weighted by molar-refractivity contribution is 4.94. The van der Waals surface area contributed by atoms with Crippen LogP contribution < -0.4 is 5.32 Å². The zero-order valence-electron chi connectivity index (χ0n) is 13.2. The van der Waals surface area contributed by atoms with Crippen molar-refractivity contribution in [3.63, 3.8) is 0 Å². The molecule has 1 saturated carbocycles. The molecule has 0 aromatic heterocycles. The van der Waals surface area contributed by atoms with Crippen LogP contribution in [-0.2, 0) is 4.74 Å². The summed E-state index contributed by atoms with van der Waals surface area (Å²) in [5.41, 5.74) is 0. The highest BCUT2D eigenvalue weighted by Crippen LogP contribution is 2.33. The molecule has 2 fully saturated rings. The van der Waals surface area contributed by atoms with Gasteiger partial charge in [0.05, 0.1) is 6.10 Å². The average Bonchev–Trinajstić information content (AvgIpc) is 2.53. The fourth-order valence-electron chi connectivity index (χ4n) is 4.22. The molecule has 1 aliphatic carbocycles. The Hall–Kier alpha value is -0.120. The molecular formula is C16H32N2O. The minimum Gasteiger partial charge on any atom is -0.377 e. The van der Waals surface area contributed by atoms with Gasteiger partial charge in [-0.1, -0.05) is 20.8 Å². The number of likely N-dealkylation sites (N-methyl/N-ethyl adjacent to an activating group) is 1. The zero-order valence-corrected chi connectivity index (χ0v) is 13.2. The Bertz CT molecular complexity index is 271. The quantitative estimate of drug-likeness (QED) is 0.851. The summed E-state index contributed by atoms with van der Waals surface area (Å²) in [5, 5.41) is 3.75. The first-order valence-electron chi connectivity index (χ1n) is 8.20. The third-order valence-corrected chi connectivity index (χ3v) is 4.80. The molecule has 0 bridgehead atoms. The molecule has 1 heterocycles. The molecular weight excluding hydrogens is 236 g/mol. The SMILES string of the molecule is CCNC1CC(C)CC(C)C1N1CCCOC(C)C1. The summed E-state index contributed by atoms with van der Waals surface area (Å²) in [6, 6.07) is 1.36. The fraction of sp³-hybridized carbons (Fsp3) is 1.00.